The van der Waals surface area contributed by atoms with E-state index in [9.17, 15) is 9.59 Å². The molecule has 0 spiro atoms. The average molecular weight is 360 g/mol. The summed E-state index contributed by atoms with van der Waals surface area (Å²) < 4.78 is 10.2. The van der Waals surface area contributed by atoms with Crippen molar-refractivity contribution in [2.75, 3.05) is 26.4 Å². The average Bonchev–Trinajstić information content (AvgIpc) is 2.60. The number of hydrogen-bond donors (Lipinski definition) is 2. The second-order valence-electron chi connectivity index (χ2n) is 6.28. The summed E-state index contributed by atoms with van der Waals surface area (Å²) in [5.41, 5.74) is 0. The van der Waals surface area contributed by atoms with Gasteiger partial charge in [0.2, 0.25) is 0 Å². The van der Waals surface area contributed by atoms with Gasteiger partial charge >= 0.3 is 11.9 Å². The topological polar surface area (TPSA) is 93.1 Å². The van der Waals surface area contributed by atoms with E-state index >= 15 is 0 Å². The number of aliphatic hydroxyl groups is 2. The van der Waals surface area contributed by atoms with Gasteiger partial charge in [-0.15, -0.1) is 0 Å². The maximum atomic E-state index is 11.5. The molecule has 0 rings (SSSR count). The Balaban J connectivity index is 3.26. The van der Waals surface area contributed by atoms with Crippen LogP contribution in [0.3, 0.4) is 0 Å². The van der Waals surface area contributed by atoms with Crippen molar-refractivity contribution < 1.29 is 29.3 Å². The largest absolute Gasteiger partial charge is 0.466 e. The Hall–Kier alpha value is -1.14. The molecule has 0 aliphatic carbocycles. The molecule has 0 aliphatic heterocycles. The van der Waals surface area contributed by atoms with Crippen molar-refractivity contribution in [2.24, 2.45) is 0 Å². The smallest absolute Gasteiger partial charge is 0.305 e. The fraction of sp³-hybridized carbons (Fsp3) is 0.895. The minimum absolute atomic E-state index is 0.145. The highest BCUT2D eigenvalue weighted by atomic mass is 16.5. The zero-order valence-corrected chi connectivity index (χ0v) is 15.5. The minimum atomic E-state index is -0.145. The van der Waals surface area contributed by atoms with Gasteiger partial charge in [-0.25, -0.2) is 0 Å². The number of esters is 2. The molecule has 0 aromatic heterocycles. The summed E-state index contributed by atoms with van der Waals surface area (Å²) in [5, 5.41) is 17.3. The predicted octanol–water partition coefficient (Wildman–Crippen LogP) is 3.13. The standard InChI is InChI=1S/C19H36O6/c20-14-8-4-10-16-24-18(22)12-6-2-1-3-7-13-19(23)25-17-11-5-9-15-21/h20-21H,1-17H2. The Bertz CT molecular complexity index is 289. The number of carbonyl (C=O) groups is 2. The molecule has 148 valence electrons. The molecule has 0 aromatic carbocycles. The summed E-state index contributed by atoms with van der Waals surface area (Å²) >= 11 is 0. The molecular formula is C19H36O6. The van der Waals surface area contributed by atoms with E-state index < -0.39 is 0 Å². The zero-order valence-electron chi connectivity index (χ0n) is 15.5. The molecule has 0 saturated heterocycles. The Morgan fingerprint density at radius 1 is 0.520 bits per heavy atom. The van der Waals surface area contributed by atoms with Crippen LogP contribution in [0.15, 0.2) is 0 Å². The lowest BCUT2D eigenvalue weighted by atomic mass is 10.1. The summed E-state index contributed by atoms with van der Waals surface area (Å²) in [6.45, 7) is 1.27. The maximum absolute atomic E-state index is 11.5. The van der Waals surface area contributed by atoms with Crippen molar-refractivity contribution in [2.45, 2.75) is 83.5 Å². The van der Waals surface area contributed by atoms with Gasteiger partial charge in [-0.2, -0.15) is 0 Å². The third kappa shape index (κ3) is 19.0. The van der Waals surface area contributed by atoms with E-state index in [1.807, 2.05) is 0 Å². The van der Waals surface area contributed by atoms with Gasteiger partial charge in [-0.05, 0) is 51.4 Å². The lowest BCUT2D eigenvalue weighted by Gasteiger charge is -2.05. The van der Waals surface area contributed by atoms with Gasteiger partial charge in [0.05, 0.1) is 13.2 Å². The van der Waals surface area contributed by atoms with Crippen LogP contribution in [0.1, 0.15) is 83.5 Å². The van der Waals surface area contributed by atoms with Gasteiger partial charge < -0.3 is 19.7 Å². The number of aliphatic hydroxyl groups excluding tert-OH is 2. The van der Waals surface area contributed by atoms with E-state index in [-0.39, 0.29) is 25.2 Å². The predicted molar refractivity (Wildman–Crippen MR) is 96.1 cm³/mol. The van der Waals surface area contributed by atoms with Gasteiger partial charge in [0, 0.05) is 26.1 Å². The second-order valence-corrected chi connectivity index (χ2v) is 6.28. The lowest BCUT2D eigenvalue weighted by Crippen LogP contribution is -2.06. The van der Waals surface area contributed by atoms with E-state index in [0.717, 1.165) is 70.6 Å². The maximum Gasteiger partial charge on any atom is 0.305 e. The molecule has 6 heteroatoms. The third-order valence-corrected chi connectivity index (χ3v) is 3.89. The Kier molecular flexibility index (Phi) is 18.3. The molecule has 0 bridgehead atoms. The number of carbonyl (C=O) groups excluding carboxylic acids is 2. The monoisotopic (exact) mass is 360 g/mol. The fourth-order valence-electron chi connectivity index (χ4n) is 2.37. The van der Waals surface area contributed by atoms with E-state index in [1.54, 1.807) is 0 Å². The molecule has 6 nitrogen and oxygen atoms in total. The summed E-state index contributed by atoms with van der Waals surface area (Å²) in [5.74, 6) is -0.289. The quantitative estimate of drug-likeness (QED) is 0.288. The van der Waals surface area contributed by atoms with E-state index in [4.69, 9.17) is 19.7 Å². The van der Waals surface area contributed by atoms with Crippen molar-refractivity contribution >= 4 is 11.9 Å². The highest BCUT2D eigenvalue weighted by Gasteiger charge is 2.04. The number of hydrogen-bond acceptors (Lipinski definition) is 6. The Labute approximate surface area is 151 Å². The molecule has 0 amide bonds. The van der Waals surface area contributed by atoms with E-state index in [0.29, 0.717) is 26.1 Å². The molecule has 25 heavy (non-hydrogen) atoms. The highest BCUT2D eigenvalue weighted by molar-refractivity contribution is 5.69. The van der Waals surface area contributed by atoms with Crippen LogP contribution in [0.5, 0.6) is 0 Å². The number of ether oxygens (including phenoxy) is 2. The Morgan fingerprint density at radius 3 is 1.28 bits per heavy atom. The van der Waals surface area contributed by atoms with Crippen LogP contribution in [-0.4, -0.2) is 48.6 Å². The normalized spacial score (nSPS) is 10.6. The van der Waals surface area contributed by atoms with Crippen LogP contribution >= 0.6 is 0 Å². The zero-order chi connectivity index (χ0) is 18.6. The van der Waals surface area contributed by atoms with Crippen molar-refractivity contribution in [1.29, 1.82) is 0 Å². The van der Waals surface area contributed by atoms with Crippen molar-refractivity contribution in [1.82, 2.24) is 0 Å². The molecule has 0 atom stereocenters. The van der Waals surface area contributed by atoms with Crippen LogP contribution < -0.4 is 0 Å². The summed E-state index contributed by atoms with van der Waals surface area (Å²) in [4.78, 5) is 22.9. The lowest BCUT2D eigenvalue weighted by molar-refractivity contribution is -0.144. The van der Waals surface area contributed by atoms with Gasteiger partial charge in [0.25, 0.3) is 0 Å². The number of unbranched alkanes of at least 4 members (excludes halogenated alkanes) is 8. The molecule has 0 aromatic rings. The van der Waals surface area contributed by atoms with Crippen LogP contribution in [0, 0.1) is 0 Å². The minimum Gasteiger partial charge on any atom is -0.466 e. The van der Waals surface area contributed by atoms with Gasteiger partial charge in [0.1, 0.15) is 0 Å². The molecule has 0 saturated carbocycles. The molecule has 0 heterocycles. The molecule has 0 fully saturated rings. The SMILES string of the molecule is O=C(CCCCCCCC(=O)OCCCCCO)OCCCCCO. The van der Waals surface area contributed by atoms with E-state index in [1.165, 1.54) is 0 Å². The van der Waals surface area contributed by atoms with Crippen molar-refractivity contribution in [3.8, 4) is 0 Å². The summed E-state index contributed by atoms with van der Waals surface area (Å²) in [6, 6.07) is 0. The van der Waals surface area contributed by atoms with Crippen molar-refractivity contribution in [3.05, 3.63) is 0 Å². The van der Waals surface area contributed by atoms with Gasteiger partial charge in [0.15, 0.2) is 0 Å². The first-order chi connectivity index (χ1) is 12.2. The van der Waals surface area contributed by atoms with E-state index in [2.05, 4.69) is 0 Å². The van der Waals surface area contributed by atoms with Crippen LogP contribution in [-0.2, 0) is 19.1 Å². The third-order valence-electron chi connectivity index (χ3n) is 3.89. The van der Waals surface area contributed by atoms with Crippen LogP contribution in [0.25, 0.3) is 0 Å². The molecule has 0 unspecified atom stereocenters. The van der Waals surface area contributed by atoms with Gasteiger partial charge in [-0.1, -0.05) is 19.3 Å². The Morgan fingerprint density at radius 2 is 0.880 bits per heavy atom. The molecule has 2 N–H and O–H groups in total. The van der Waals surface area contributed by atoms with Crippen LogP contribution in [0.4, 0.5) is 0 Å². The molecule has 0 radical (unpaired) electrons. The van der Waals surface area contributed by atoms with Crippen LogP contribution in [0.2, 0.25) is 0 Å². The summed E-state index contributed by atoms with van der Waals surface area (Å²) in [7, 11) is 0. The number of rotatable bonds is 18. The summed E-state index contributed by atoms with van der Waals surface area (Å²) in [6.07, 6.45) is 10.4. The fourth-order valence-corrected chi connectivity index (χ4v) is 2.37. The second kappa shape index (κ2) is 19.2. The highest BCUT2D eigenvalue weighted by Crippen LogP contribution is 2.09. The van der Waals surface area contributed by atoms with Crippen molar-refractivity contribution in [3.63, 3.8) is 0 Å². The van der Waals surface area contributed by atoms with Gasteiger partial charge in [-0.3, -0.25) is 9.59 Å². The first kappa shape index (κ1) is 23.9. The molecule has 0 aliphatic rings. The first-order valence-corrected chi connectivity index (χ1v) is 9.73. The first-order valence-electron chi connectivity index (χ1n) is 9.73. The molecular weight excluding hydrogens is 324 g/mol.